The van der Waals surface area contributed by atoms with E-state index in [2.05, 4.69) is 29.1 Å². The Morgan fingerprint density at radius 1 is 1.19 bits per heavy atom. The van der Waals surface area contributed by atoms with Crippen molar-refractivity contribution in [3.05, 3.63) is 0 Å². The summed E-state index contributed by atoms with van der Waals surface area (Å²) in [6.45, 7) is 10.1. The van der Waals surface area contributed by atoms with Gasteiger partial charge in [-0.05, 0) is 32.4 Å². The van der Waals surface area contributed by atoms with E-state index in [1.165, 1.54) is 38.1 Å². The van der Waals surface area contributed by atoms with Crippen LogP contribution in [0.4, 0.5) is 0 Å². The lowest BCUT2D eigenvalue weighted by molar-refractivity contribution is 0.293. The summed E-state index contributed by atoms with van der Waals surface area (Å²) in [4.78, 5) is 7.07. The second-order valence-corrected chi connectivity index (χ2v) is 4.50. The van der Waals surface area contributed by atoms with Crippen LogP contribution < -0.4 is 5.32 Å². The zero-order valence-electron chi connectivity index (χ0n) is 11.0. The molecular formula is C13H27N3. The average Bonchev–Trinajstić information content (AvgIpc) is 2.56. The van der Waals surface area contributed by atoms with E-state index in [-0.39, 0.29) is 0 Å². The first-order valence-electron chi connectivity index (χ1n) is 6.86. The van der Waals surface area contributed by atoms with Gasteiger partial charge in [0.15, 0.2) is 0 Å². The maximum absolute atomic E-state index is 4.58. The third-order valence-electron chi connectivity index (χ3n) is 3.12. The highest BCUT2D eigenvalue weighted by atomic mass is 15.1. The first-order chi connectivity index (χ1) is 7.86. The molecule has 0 saturated heterocycles. The summed E-state index contributed by atoms with van der Waals surface area (Å²) in [7, 11) is 0. The van der Waals surface area contributed by atoms with Crippen LogP contribution >= 0.6 is 0 Å². The van der Waals surface area contributed by atoms with Crippen molar-refractivity contribution < 1.29 is 0 Å². The van der Waals surface area contributed by atoms with Gasteiger partial charge in [-0.1, -0.05) is 20.3 Å². The van der Waals surface area contributed by atoms with E-state index in [1.807, 2.05) is 0 Å². The Bertz CT molecular complexity index is 201. The van der Waals surface area contributed by atoms with Crippen molar-refractivity contribution in [3.63, 3.8) is 0 Å². The van der Waals surface area contributed by atoms with Gasteiger partial charge in [0.05, 0.1) is 5.84 Å². The molecule has 1 aliphatic rings. The molecule has 1 rings (SSSR count). The van der Waals surface area contributed by atoms with E-state index in [0.29, 0.717) is 0 Å². The Kier molecular flexibility index (Phi) is 7.23. The first-order valence-corrected chi connectivity index (χ1v) is 6.86. The van der Waals surface area contributed by atoms with Crippen LogP contribution in [0.5, 0.6) is 0 Å². The predicted molar refractivity (Wildman–Crippen MR) is 71.2 cm³/mol. The molecule has 0 bridgehead atoms. The second kappa shape index (κ2) is 8.57. The third-order valence-corrected chi connectivity index (χ3v) is 3.12. The number of hydrogen-bond donors (Lipinski definition) is 1. The van der Waals surface area contributed by atoms with Gasteiger partial charge in [0.2, 0.25) is 0 Å². The van der Waals surface area contributed by atoms with E-state index in [4.69, 9.17) is 0 Å². The molecule has 3 nitrogen and oxygen atoms in total. The number of hydrogen-bond acceptors (Lipinski definition) is 3. The van der Waals surface area contributed by atoms with Gasteiger partial charge >= 0.3 is 0 Å². The Hall–Kier alpha value is -0.570. The number of nitrogens with zero attached hydrogens (tertiary/aromatic N) is 2. The largest absolute Gasteiger partial charge is 0.373 e. The van der Waals surface area contributed by atoms with E-state index >= 15 is 0 Å². The fraction of sp³-hybridized carbons (Fsp3) is 0.923. The highest BCUT2D eigenvalue weighted by molar-refractivity contribution is 5.82. The number of aliphatic imine (C=N–C) groups is 1. The molecule has 0 aromatic carbocycles. The van der Waals surface area contributed by atoms with E-state index in [0.717, 1.165) is 32.6 Å². The van der Waals surface area contributed by atoms with E-state index in [1.54, 1.807) is 0 Å². The Morgan fingerprint density at radius 2 is 2.06 bits per heavy atom. The molecule has 0 aromatic heterocycles. The fourth-order valence-electron chi connectivity index (χ4n) is 2.12. The minimum atomic E-state index is 1.02. The number of nitrogens with one attached hydrogen (secondary N) is 1. The highest BCUT2D eigenvalue weighted by Gasteiger charge is 2.04. The predicted octanol–water partition coefficient (Wildman–Crippen LogP) is 2.28. The summed E-state index contributed by atoms with van der Waals surface area (Å²) in [5.74, 6) is 1.24. The summed E-state index contributed by atoms with van der Waals surface area (Å²) in [6.07, 6.45) is 6.31. The summed E-state index contributed by atoms with van der Waals surface area (Å²) in [5.41, 5.74) is 0. The Balaban J connectivity index is 2.15. The van der Waals surface area contributed by atoms with Crippen LogP contribution in [0, 0.1) is 0 Å². The molecule has 0 aliphatic carbocycles. The van der Waals surface area contributed by atoms with E-state index in [9.17, 15) is 0 Å². The summed E-state index contributed by atoms with van der Waals surface area (Å²) in [5, 5.41) is 3.49. The SMILES string of the molecule is CCCN(CC)CCNC1=NCCCCC1. The van der Waals surface area contributed by atoms with Gasteiger partial charge in [0.1, 0.15) is 0 Å². The zero-order chi connectivity index (χ0) is 11.6. The van der Waals surface area contributed by atoms with Gasteiger partial charge < -0.3 is 10.2 Å². The van der Waals surface area contributed by atoms with Gasteiger partial charge in [-0.3, -0.25) is 4.99 Å². The second-order valence-electron chi connectivity index (χ2n) is 4.50. The lowest BCUT2D eigenvalue weighted by Gasteiger charge is -2.20. The van der Waals surface area contributed by atoms with Crippen molar-refractivity contribution in [1.29, 1.82) is 0 Å². The lowest BCUT2D eigenvalue weighted by atomic mass is 10.2. The molecule has 0 spiro atoms. The molecule has 0 aromatic rings. The summed E-state index contributed by atoms with van der Waals surface area (Å²) >= 11 is 0. The molecule has 0 fully saturated rings. The molecule has 94 valence electrons. The third kappa shape index (κ3) is 5.50. The standard InChI is InChI=1S/C13H27N3/c1-3-11-16(4-2)12-10-15-13-8-6-5-7-9-14-13/h3-12H2,1-2H3,(H,14,15). The Morgan fingerprint density at radius 3 is 2.81 bits per heavy atom. The summed E-state index contributed by atoms with van der Waals surface area (Å²) in [6, 6.07) is 0. The maximum atomic E-state index is 4.58. The molecule has 0 atom stereocenters. The topological polar surface area (TPSA) is 27.6 Å². The number of rotatable bonds is 6. The normalized spacial score (nSPS) is 17.1. The van der Waals surface area contributed by atoms with Crippen molar-refractivity contribution >= 4 is 5.84 Å². The minimum absolute atomic E-state index is 1.02. The van der Waals surface area contributed by atoms with Gasteiger partial charge in [-0.25, -0.2) is 0 Å². The van der Waals surface area contributed by atoms with Crippen LogP contribution in [-0.2, 0) is 0 Å². The van der Waals surface area contributed by atoms with Crippen LogP contribution in [0.2, 0.25) is 0 Å². The van der Waals surface area contributed by atoms with Gasteiger partial charge in [0, 0.05) is 26.1 Å². The van der Waals surface area contributed by atoms with Crippen molar-refractivity contribution in [2.24, 2.45) is 4.99 Å². The molecule has 0 unspecified atom stereocenters. The Labute approximate surface area is 100 Å². The lowest BCUT2D eigenvalue weighted by Crippen LogP contribution is -2.35. The molecule has 1 aliphatic heterocycles. The minimum Gasteiger partial charge on any atom is -0.373 e. The molecular weight excluding hydrogens is 198 g/mol. The van der Waals surface area contributed by atoms with Crippen LogP contribution in [0.3, 0.4) is 0 Å². The smallest absolute Gasteiger partial charge is 0.0963 e. The van der Waals surface area contributed by atoms with Crippen LogP contribution in [0.15, 0.2) is 4.99 Å². The first kappa shape index (κ1) is 13.5. The zero-order valence-corrected chi connectivity index (χ0v) is 11.0. The number of likely N-dealkylation sites (N-methyl/N-ethyl adjacent to an activating group) is 1. The summed E-state index contributed by atoms with van der Waals surface area (Å²) < 4.78 is 0. The number of amidine groups is 1. The molecule has 0 radical (unpaired) electrons. The molecule has 0 saturated carbocycles. The fourth-order valence-corrected chi connectivity index (χ4v) is 2.12. The van der Waals surface area contributed by atoms with E-state index < -0.39 is 0 Å². The maximum Gasteiger partial charge on any atom is 0.0963 e. The molecule has 0 amide bonds. The highest BCUT2D eigenvalue weighted by Crippen LogP contribution is 2.05. The van der Waals surface area contributed by atoms with Crippen molar-refractivity contribution in [2.75, 3.05) is 32.7 Å². The molecule has 1 N–H and O–H groups in total. The van der Waals surface area contributed by atoms with Crippen molar-refractivity contribution in [2.45, 2.75) is 46.0 Å². The van der Waals surface area contributed by atoms with Gasteiger partial charge in [-0.2, -0.15) is 0 Å². The molecule has 3 heteroatoms. The van der Waals surface area contributed by atoms with Gasteiger partial charge in [0.25, 0.3) is 0 Å². The van der Waals surface area contributed by atoms with Crippen LogP contribution in [0.1, 0.15) is 46.0 Å². The molecule has 16 heavy (non-hydrogen) atoms. The average molecular weight is 225 g/mol. The van der Waals surface area contributed by atoms with Gasteiger partial charge in [-0.15, -0.1) is 0 Å². The molecule has 1 heterocycles. The quantitative estimate of drug-likeness (QED) is 0.751. The van der Waals surface area contributed by atoms with Crippen LogP contribution in [0.25, 0.3) is 0 Å². The van der Waals surface area contributed by atoms with Crippen molar-refractivity contribution in [3.8, 4) is 0 Å². The van der Waals surface area contributed by atoms with Crippen LogP contribution in [-0.4, -0.2) is 43.5 Å². The monoisotopic (exact) mass is 225 g/mol. The van der Waals surface area contributed by atoms with Crippen molar-refractivity contribution in [1.82, 2.24) is 10.2 Å².